The van der Waals surface area contributed by atoms with Crippen LogP contribution in [0.2, 0.25) is 5.02 Å². The maximum Gasteiger partial charge on any atom is 0.249 e. The Kier molecular flexibility index (Phi) is 4.87. The summed E-state index contributed by atoms with van der Waals surface area (Å²) in [6.45, 7) is 0. The van der Waals surface area contributed by atoms with E-state index in [-0.39, 0.29) is 5.56 Å². The molecule has 1 amide bonds. The van der Waals surface area contributed by atoms with Crippen molar-refractivity contribution in [2.75, 3.05) is 5.32 Å². The van der Waals surface area contributed by atoms with Gasteiger partial charge in [0.25, 0.3) is 0 Å². The number of amides is 1. The molecule has 1 N–H and O–H groups in total. The molecule has 0 aliphatic heterocycles. The molecule has 1 unspecified atom stereocenters. The summed E-state index contributed by atoms with van der Waals surface area (Å²) in [5, 5.41) is 11.8. The van der Waals surface area contributed by atoms with Gasteiger partial charge in [-0.05, 0) is 36.4 Å². The fourth-order valence-electron chi connectivity index (χ4n) is 1.78. The summed E-state index contributed by atoms with van der Waals surface area (Å²) < 4.78 is 12.9. The molecule has 0 saturated carbocycles. The van der Waals surface area contributed by atoms with Crippen LogP contribution in [0.5, 0.6) is 0 Å². The number of nitrogens with one attached hydrogen (secondary N) is 1. The van der Waals surface area contributed by atoms with Gasteiger partial charge in [-0.15, -0.1) is 0 Å². The average molecular weight is 317 g/mol. The Hall–Kier alpha value is -2.71. The molecule has 0 aliphatic carbocycles. The van der Waals surface area contributed by atoms with Gasteiger partial charge in [0, 0.05) is 5.56 Å². The van der Waals surface area contributed by atoms with Crippen molar-refractivity contribution in [3.8, 4) is 6.07 Å². The largest absolute Gasteiger partial charge is 0.323 e. The zero-order chi connectivity index (χ0) is 16.1. The molecular formula is C16H10ClFN2O2. The molecule has 2 rings (SSSR count). The minimum Gasteiger partial charge on any atom is -0.323 e. The van der Waals surface area contributed by atoms with Crippen molar-refractivity contribution in [1.29, 1.82) is 5.26 Å². The monoisotopic (exact) mass is 316 g/mol. The van der Waals surface area contributed by atoms with E-state index in [0.717, 1.165) is 12.1 Å². The van der Waals surface area contributed by atoms with Crippen LogP contribution in [0.15, 0.2) is 48.5 Å². The van der Waals surface area contributed by atoms with Crippen molar-refractivity contribution in [2.45, 2.75) is 0 Å². The number of nitriles is 1. The lowest BCUT2D eigenvalue weighted by molar-refractivity contribution is -0.117. The third-order valence-electron chi connectivity index (χ3n) is 2.91. The summed E-state index contributed by atoms with van der Waals surface area (Å²) >= 11 is 5.91. The Morgan fingerprint density at radius 1 is 1.14 bits per heavy atom. The molecule has 22 heavy (non-hydrogen) atoms. The van der Waals surface area contributed by atoms with Gasteiger partial charge in [0.2, 0.25) is 5.91 Å². The number of rotatable bonds is 4. The van der Waals surface area contributed by atoms with Crippen LogP contribution in [0.1, 0.15) is 10.4 Å². The summed E-state index contributed by atoms with van der Waals surface area (Å²) in [6, 6.07) is 12.8. The van der Waals surface area contributed by atoms with E-state index in [4.69, 9.17) is 16.9 Å². The zero-order valence-electron chi connectivity index (χ0n) is 11.2. The summed E-state index contributed by atoms with van der Waals surface area (Å²) in [5.41, 5.74) is 0.392. The van der Waals surface area contributed by atoms with Crippen LogP contribution >= 0.6 is 11.6 Å². The number of nitrogens with zero attached hydrogens (tertiary/aromatic N) is 1. The third kappa shape index (κ3) is 3.48. The van der Waals surface area contributed by atoms with Gasteiger partial charge in [-0.1, -0.05) is 23.7 Å². The maximum atomic E-state index is 12.9. The van der Waals surface area contributed by atoms with Crippen LogP contribution in [0, 0.1) is 23.1 Å². The van der Waals surface area contributed by atoms with E-state index in [2.05, 4.69) is 5.32 Å². The third-order valence-corrected chi connectivity index (χ3v) is 3.24. The highest BCUT2D eigenvalue weighted by Gasteiger charge is 2.28. The summed E-state index contributed by atoms with van der Waals surface area (Å²) in [5.74, 6) is -3.54. The molecule has 0 fully saturated rings. The zero-order valence-corrected chi connectivity index (χ0v) is 12.0. The van der Waals surface area contributed by atoms with Crippen LogP contribution in [0.25, 0.3) is 0 Å². The van der Waals surface area contributed by atoms with E-state index >= 15 is 0 Å². The second-order valence-corrected chi connectivity index (χ2v) is 4.81. The predicted octanol–water partition coefficient (Wildman–Crippen LogP) is 3.44. The highest BCUT2D eigenvalue weighted by molar-refractivity contribution is 6.34. The van der Waals surface area contributed by atoms with Crippen molar-refractivity contribution < 1.29 is 14.0 Å². The minimum absolute atomic E-state index is 0.0854. The van der Waals surface area contributed by atoms with E-state index in [9.17, 15) is 14.0 Å². The SMILES string of the molecule is N#CC(C(=O)Nc1ccccc1Cl)C(=O)c1ccc(F)cc1. The molecule has 0 saturated heterocycles. The van der Waals surface area contributed by atoms with Crippen molar-refractivity contribution >= 4 is 29.0 Å². The van der Waals surface area contributed by atoms with Crippen molar-refractivity contribution in [1.82, 2.24) is 0 Å². The number of carbonyl (C=O) groups is 2. The summed E-state index contributed by atoms with van der Waals surface area (Å²) in [7, 11) is 0. The van der Waals surface area contributed by atoms with E-state index in [0.29, 0.717) is 10.7 Å². The van der Waals surface area contributed by atoms with Gasteiger partial charge in [-0.25, -0.2) is 4.39 Å². The van der Waals surface area contributed by atoms with Crippen LogP contribution in [0.3, 0.4) is 0 Å². The molecule has 6 heteroatoms. The Bertz CT molecular complexity index is 753. The van der Waals surface area contributed by atoms with E-state index in [1.165, 1.54) is 12.1 Å². The Morgan fingerprint density at radius 3 is 2.36 bits per heavy atom. The maximum absolute atomic E-state index is 12.9. The van der Waals surface area contributed by atoms with Crippen molar-refractivity contribution in [2.24, 2.45) is 5.92 Å². The Morgan fingerprint density at radius 2 is 1.77 bits per heavy atom. The minimum atomic E-state index is -1.54. The first-order chi connectivity index (χ1) is 10.5. The predicted molar refractivity (Wildman–Crippen MR) is 79.9 cm³/mol. The number of hydrogen-bond donors (Lipinski definition) is 1. The second-order valence-electron chi connectivity index (χ2n) is 4.40. The van der Waals surface area contributed by atoms with Crippen LogP contribution in [-0.4, -0.2) is 11.7 Å². The number of halogens is 2. The molecule has 0 heterocycles. The van der Waals surface area contributed by atoms with E-state index < -0.39 is 23.4 Å². The number of benzene rings is 2. The van der Waals surface area contributed by atoms with Crippen molar-refractivity contribution in [3.05, 3.63) is 64.9 Å². The highest BCUT2D eigenvalue weighted by atomic mass is 35.5. The summed E-state index contributed by atoms with van der Waals surface area (Å²) in [6.07, 6.45) is 0. The molecule has 0 radical (unpaired) electrons. The number of Topliss-reactive ketones (excluding diaryl/α,β-unsaturated/α-hetero) is 1. The molecule has 110 valence electrons. The fraction of sp³-hybridized carbons (Fsp3) is 0.0625. The fourth-order valence-corrected chi connectivity index (χ4v) is 1.97. The molecule has 0 bridgehead atoms. The van der Waals surface area contributed by atoms with Crippen molar-refractivity contribution in [3.63, 3.8) is 0 Å². The number of para-hydroxylation sites is 1. The molecule has 2 aromatic rings. The molecule has 2 aromatic carbocycles. The second kappa shape index (κ2) is 6.83. The number of ketones is 1. The molecule has 4 nitrogen and oxygen atoms in total. The van der Waals surface area contributed by atoms with Gasteiger partial charge in [0.05, 0.1) is 16.8 Å². The van der Waals surface area contributed by atoms with Gasteiger partial charge in [0.15, 0.2) is 11.7 Å². The van der Waals surface area contributed by atoms with Crippen LogP contribution < -0.4 is 5.32 Å². The smallest absolute Gasteiger partial charge is 0.249 e. The van der Waals surface area contributed by atoms with E-state index in [1.807, 2.05) is 0 Å². The number of hydrogen-bond acceptors (Lipinski definition) is 3. The van der Waals surface area contributed by atoms with Gasteiger partial charge < -0.3 is 5.32 Å². The lowest BCUT2D eigenvalue weighted by Crippen LogP contribution is -2.28. The molecule has 0 aliphatic rings. The Labute approximate surface area is 131 Å². The number of anilines is 1. The molecule has 0 aromatic heterocycles. The van der Waals surface area contributed by atoms with Gasteiger partial charge in [0.1, 0.15) is 5.82 Å². The van der Waals surface area contributed by atoms with Gasteiger partial charge in [-0.2, -0.15) is 5.26 Å². The first-order valence-electron chi connectivity index (χ1n) is 6.27. The standard InChI is InChI=1S/C16H10ClFN2O2/c17-13-3-1-2-4-14(13)20-16(22)12(9-19)15(21)10-5-7-11(18)8-6-10/h1-8,12H,(H,20,22). The lowest BCUT2D eigenvalue weighted by atomic mass is 9.98. The lowest BCUT2D eigenvalue weighted by Gasteiger charge is -2.10. The summed E-state index contributed by atoms with van der Waals surface area (Å²) in [4.78, 5) is 24.3. The first-order valence-corrected chi connectivity index (χ1v) is 6.65. The average Bonchev–Trinajstić information content (AvgIpc) is 2.51. The molecule has 1 atom stereocenters. The normalized spacial score (nSPS) is 11.3. The number of carbonyl (C=O) groups excluding carboxylic acids is 2. The first kappa shape index (κ1) is 15.7. The van der Waals surface area contributed by atoms with Gasteiger partial charge >= 0.3 is 0 Å². The Balaban J connectivity index is 2.19. The van der Waals surface area contributed by atoms with E-state index in [1.54, 1.807) is 30.3 Å². The molecular weight excluding hydrogens is 307 g/mol. The van der Waals surface area contributed by atoms with Crippen LogP contribution in [-0.2, 0) is 4.79 Å². The van der Waals surface area contributed by atoms with Gasteiger partial charge in [-0.3, -0.25) is 9.59 Å². The topological polar surface area (TPSA) is 70.0 Å². The molecule has 0 spiro atoms. The van der Waals surface area contributed by atoms with Crippen LogP contribution in [0.4, 0.5) is 10.1 Å². The quantitative estimate of drug-likeness (QED) is 0.694. The highest BCUT2D eigenvalue weighted by Crippen LogP contribution is 2.21.